The second kappa shape index (κ2) is 9.89. The van der Waals surface area contributed by atoms with Gasteiger partial charge in [-0.3, -0.25) is 4.79 Å². The molecule has 2 aromatic carbocycles. The number of benzene rings is 2. The summed E-state index contributed by atoms with van der Waals surface area (Å²) in [7, 11) is 1.52. The molecule has 0 bridgehead atoms. The zero-order valence-electron chi connectivity index (χ0n) is 21.8. The predicted molar refractivity (Wildman–Crippen MR) is 144 cm³/mol. The maximum atomic E-state index is 13.5. The molecule has 9 heteroatoms. The Morgan fingerprint density at radius 2 is 1.97 bits per heavy atom. The lowest BCUT2D eigenvalue weighted by molar-refractivity contribution is 0.0849. The molecule has 9 nitrogen and oxygen atoms in total. The zero-order valence-corrected chi connectivity index (χ0v) is 21.8. The number of para-hydroxylation sites is 2. The highest BCUT2D eigenvalue weighted by Crippen LogP contribution is 2.48. The van der Waals surface area contributed by atoms with E-state index in [2.05, 4.69) is 10.6 Å². The van der Waals surface area contributed by atoms with Gasteiger partial charge in [0.25, 0.3) is 0 Å². The molecule has 2 N–H and O–H groups in total. The first-order chi connectivity index (χ1) is 18.2. The van der Waals surface area contributed by atoms with Gasteiger partial charge < -0.3 is 29.3 Å². The van der Waals surface area contributed by atoms with E-state index in [1.54, 1.807) is 24.3 Å². The molecule has 1 unspecified atom stereocenters. The Morgan fingerprint density at radius 1 is 1.18 bits per heavy atom. The molecule has 2 amide bonds. The van der Waals surface area contributed by atoms with Gasteiger partial charge in [-0.05, 0) is 50.1 Å². The number of anilines is 1. The lowest BCUT2D eigenvalue weighted by Crippen LogP contribution is -2.41. The zero-order chi connectivity index (χ0) is 27.0. The highest BCUT2D eigenvalue weighted by atomic mass is 16.5. The third kappa shape index (κ3) is 4.71. The maximum Gasteiger partial charge on any atom is 0.336 e. The molecule has 0 radical (unpaired) electrons. The lowest BCUT2D eigenvalue weighted by atomic mass is 9.89. The molecule has 3 aromatic rings. The minimum absolute atomic E-state index is 0.00754. The first-order valence-electron chi connectivity index (χ1n) is 12.6. The summed E-state index contributed by atoms with van der Waals surface area (Å²) in [6.07, 6.45) is 4.59. The number of ketones is 1. The Hall–Kier alpha value is -4.27. The van der Waals surface area contributed by atoms with Gasteiger partial charge in [0.2, 0.25) is 0 Å². The number of Topliss-reactive ketones (excluding diaryl/α,β-unsaturated/α-hetero) is 1. The summed E-state index contributed by atoms with van der Waals surface area (Å²) < 4.78 is 23.5. The van der Waals surface area contributed by atoms with Crippen LogP contribution in [0.2, 0.25) is 0 Å². The van der Waals surface area contributed by atoms with Crippen molar-refractivity contribution in [2.75, 3.05) is 19.0 Å². The van der Waals surface area contributed by atoms with Gasteiger partial charge in [0, 0.05) is 6.07 Å². The van der Waals surface area contributed by atoms with Crippen molar-refractivity contribution in [2.45, 2.75) is 51.7 Å². The van der Waals surface area contributed by atoms with Crippen molar-refractivity contribution in [1.29, 1.82) is 0 Å². The fourth-order valence-corrected chi connectivity index (χ4v) is 4.87. The second-order valence-electron chi connectivity index (χ2n) is 9.93. The summed E-state index contributed by atoms with van der Waals surface area (Å²) in [6.45, 7) is 5.95. The van der Waals surface area contributed by atoms with E-state index in [1.165, 1.54) is 13.2 Å². The minimum Gasteiger partial charge on any atom is -0.495 e. The first-order valence-corrected chi connectivity index (χ1v) is 12.6. The van der Waals surface area contributed by atoms with E-state index >= 15 is 0 Å². The summed E-state index contributed by atoms with van der Waals surface area (Å²) in [4.78, 5) is 38.5. The average molecular weight is 519 g/mol. The Balaban J connectivity index is 1.49. The molecule has 5 rings (SSSR count). The normalized spacial score (nSPS) is 17.2. The number of aryl methyl sites for hydroxylation is 1. The summed E-state index contributed by atoms with van der Waals surface area (Å²) in [6, 6.07) is 8.06. The van der Waals surface area contributed by atoms with Crippen LogP contribution in [0, 0.1) is 0 Å². The quantitative estimate of drug-likeness (QED) is 0.437. The van der Waals surface area contributed by atoms with Crippen LogP contribution in [0.25, 0.3) is 17.0 Å². The largest absolute Gasteiger partial charge is 0.495 e. The molecule has 2 aliphatic heterocycles. The Bertz CT molecular complexity index is 1520. The van der Waals surface area contributed by atoms with Crippen LogP contribution >= 0.6 is 0 Å². The number of methoxy groups -OCH3 is 1. The van der Waals surface area contributed by atoms with E-state index in [1.807, 2.05) is 32.9 Å². The summed E-state index contributed by atoms with van der Waals surface area (Å²) in [5.41, 5.74) is 1.19. The minimum atomic E-state index is -0.631. The van der Waals surface area contributed by atoms with Crippen LogP contribution in [0.4, 0.5) is 10.5 Å². The van der Waals surface area contributed by atoms with Crippen molar-refractivity contribution < 1.29 is 28.2 Å². The first kappa shape index (κ1) is 25.4. The average Bonchev–Trinajstić information content (AvgIpc) is 2.87. The molecule has 0 saturated carbocycles. The molecule has 1 aromatic heterocycles. The van der Waals surface area contributed by atoms with Gasteiger partial charge in [0.1, 0.15) is 34.5 Å². The number of rotatable bonds is 6. The third-order valence-corrected chi connectivity index (χ3v) is 6.57. The van der Waals surface area contributed by atoms with E-state index in [0.29, 0.717) is 40.3 Å². The van der Waals surface area contributed by atoms with E-state index < -0.39 is 23.4 Å². The molecule has 0 fully saturated rings. The van der Waals surface area contributed by atoms with Crippen LogP contribution in [-0.2, 0) is 6.42 Å². The van der Waals surface area contributed by atoms with E-state index in [0.717, 1.165) is 12.0 Å². The highest BCUT2D eigenvalue weighted by Gasteiger charge is 2.37. The number of fused-ring (bicyclic) bond motifs is 6. The standard InChI is InChI=1S/C29H30N2O7/c1-5-8-16-13-22(33)37-27-23(16)26-18(11-12-29(2,3)38-26)25-24(27)20(32)14-17(36-25)15-30-28(34)31-19-9-6-7-10-21(19)35-4/h6-7,9-13,17H,5,8,14-15H2,1-4H3,(H2,30,31,34). The van der Waals surface area contributed by atoms with Crippen LogP contribution in [0.5, 0.6) is 17.2 Å². The smallest absolute Gasteiger partial charge is 0.336 e. The number of carbonyl (C=O) groups excluding carboxylic acids is 2. The SMILES string of the molecule is CCCc1cc(=O)oc2c3c(c4c(c12)OC(C)(C)C=C4)OC(CNC(=O)Nc1ccccc1OC)CC3=O. The number of ether oxygens (including phenoxy) is 3. The van der Waals surface area contributed by atoms with Crippen molar-refractivity contribution in [3.8, 4) is 17.2 Å². The van der Waals surface area contributed by atoms with Crippen LogP contribution < -0.4 is 30.5 Å². The predicted octanol–water partition coefficient (Wildman–Crippen LogP) is 5.09. The molecule has 0 saturated heterocycles. The number of urea groups is 1. The van der Waals surface area contributed by atoms with Crippen molar-refractivity contribution in [3.63, 3.8) is 0 Å². The number of hydrogen-bond donors (Lipinski definition) is 2. The maximum absolute atomic E-state index is 13.5. The molecule has 0 spiro atoms. The number of amides is 2. The molecule has 38 heavy (non-hydrogen) atoms. The molecule has 0 aliphatic carbocycles. The van der Waals surface area contributed by atoms with Crippen molar-refractivity contribution in [2.24, 2.45) is 0 Å². The Labute approximate surface area is 219 Å². The van der Waals surface area contributed by atoms with Gasteiger partial charge in [-0.2, -0.15) is 0 Å². The van der Waals surface area contributed by atoms with Gasteiger partial charge in [-0.1, -0.05) is 25.5 Å². The number of hydrogen-bond acceptors (Lipinski definition) is 7. The van der Waals surface area contributed by atoms with Crippen molar-refractivity contribution in [3.05, 3.63) is 63.5 Å². The van der Waals surface area contributed by atoms with Crippen LogP contribution in [0.15, 0.2) is 45.6 Å². The van der Waals surface area contributed by atoms with Gasteiger partial charge in [-0.25, -0.2) is 9.59 Å². The van der Waals surface area contributed by atoms with Crippen LogP contribution in [-0.4, -0.2) is 37.2 Å². The molecule has 2 aliphatic rings. The van der Waals surface area contributed by atoms with E-state index in [4.69, 9.17) is 18.6 Å². The number of carbonyl (C=O) groups is 2. The Kier molecular flexibility index (Phi) is 6.60. The van der Waals surface area contributed by atoms with Crippen molar-refractivity contribution >= 4 is 34.5 Å². The molecular formula is C29H30N2O7. The van der Waals surface area contributed by atoms with Crippen LogP contribution in [0.3, 0.4) is 0 Å². The highest BCUT2D eigenvalue weighted by molar-refractivity contribution is 6.13. The molecule has 198 valence electrons. The van der Waals surface area contributed by atoms with E-state index in [-0.39, 0.29) is 29.9 Å². The monoisotopic (exact) mass is 518 g/mol. The molecule has 3 heterocycles. The fraction of sp³-hybridized carbons (Fsp3) is 0.345. The summed E-state index contributed by atoms with van der Waals surface area (Å²) >= 11 is 0. The topological polar surface area (TPSA) is 116 Å². The second-order valence-corrected chi connectivity index (χ2v) is 9.93. The molecule has 1 atom stereocenters. The van der Waals surface area contributed by atoms with Crippen molar-refractivity contribution in [1.82, 2.24) is 5.32 Å². The Morgan fingerprint density at radius 3 is 2.74 bits per heavy atom. The van der Waals surface area contributed by atoms with Gasteiger partial charge in [0.05, 0.1) is 36.7 Å². The van der Waals surface area contributed by atoms with Crippen LogP contribution in [0.1, 0.15) is 55.1 Å². The van der Waals surface area contributed by atoms with Gasteiger partial charge in [-0.15, -0.1) is 0 Å². The van der Waals surface area contributed by atoms with E-state index in [9.17, 15) is 14.4 Å². The lowest BCUT2D eigenvalue weighted by Gasteiger charge is -2.33. The number of nitrogens with one attached hydrogen (secondary N) is 2. The summed E-state index contributed by atoms with van der Waals surface area (Å²) in [5, 5.41) is 6.13. The fourth-order valence-electron chi connectivity index (χ4n) is 4.87. The summed E-state index contributed by atoms with van der Waals surface area (Å²) in [5.74, 6) is 1.11. The molecular weight excluding hydrogens is 488 g/mol. The van der Waals surface area contributed by atoms with Gasteiger partial charge >= 0.3 is 11.7 Å². The van der Waals surface area contributed by atoms with Gasteiger partial charge in [0.15, 0.2) is 11.4 Å². The third-order valence-electron chi connectivity index (χ3n) is 6.57.